The number of carbonyl (C=O) groups excluding carboxylic acids is 1. The van der Waals surface area contributed by atoms with Gasteiger partial charge in [0.2, 0.25) is 5.91 Å². The van der Waals surface area contributed by atoms with E-state index in [0.29, 0.717) is 5.69 Å². The van der Waals surface area contributed by atoms with Gasteiger partial charge in [0.05, 0.1) is 11.9 Å². The SMILES string of the molecule is Cn1cc([C@@H]2C[C@@H]2C(=O)N(c2ccccc2F)C2CCCC2)cn1. The predicted molar refractivity (Wildman–Crippen MR) is 90.2 cm³/mol. The minimum absolute atomic E-state index is 0.0468. The quantitative estimate of drug-likeness (QED) is 0.860. The van der Waals surface area contributed by atoms with Crippen molar-refractivity contribution in [3.05, 3.63) is 48.0 Å². The molecule has 0 aliphatic heterocycles. The number of rotatable bonds is 4. The number of aryl methyl sites for hydroxylation is 1. The molecule has 126 valence electrons. The fraction of sp³-hybridized carbons (Fsp3) is 0.474. The molecule has 0 N–H and O–H groups in total. The summed E-state index contributed by atoms with van der Waals surface area (Å²) in [5.41, 5.74) is 1.54. The van der Waals surface area contributed by atoms with Crippen molar-refractivity contribution >= 4 is 11.6 Å². The molecule has 0 bridgehead atoms. The van der Waals surface area contributed by atoms with Gasteiger partial charge in [-0.1, -0.05) is 25.0 Å². The summed E-state index contributed by atoms with van der Waals surface area (Å²) in [5.74, 6) is -0.0616. The van der Waals surface area contributed by atoms with Crippen molar-refractivity contribution in [3.8, 4) is 0 Å². The van der Waals surface area contributed by atoms with Crippen LogP contribution in [0.3, 0.4) is 0 Å². The number of benzene rings is 1. The highest BCUT2D eigenvalue weighted by Gasteiger charge is 2.48. The summed E-state index contributed by atoms with van der Waals surface area (Å²) in [6.45, 7) is 0. The first-order chi connectivity index (χ1) is 11.6. The summed E-state index contributed by atoms with van der Waals surface area (Å²) >= 11 is 0. The van der Waals surface area contributed by atoms with Crippen LogP contribution in [0.25, 0.3) is 0 Å². The van der Waals surface area contributed by atoms with Gasteiger partial charge in [-0.05, 0) is 42.9 Å². The lowest BCUT2D eigenvalue weighted by Crippen LogP contribution is -2.40. The second-order valence-electron chi connectivity index (χ2n) is 6.99. The lowest BCUT2D eigenvalue weighted by molar-refractivity contribution is -0.120. The number of aromatic nitrogens is 2. The van der Waals surface area contributed by atoms with E-state index < -0.39 is 0 Å². The van der Waals surface area contributed by atoms with Crippen molar-refractivity contribution in [1.82, 2.24) is 9.78 Å². The fourth-order valence-corrected chi connectivity index (χ4v) is 3.95. The molecule has 2 aliphatic rings. The Bertz CT molecular complexity index is 751. The largest absolute Gasteiger partial charge is 0.306 e. The Labute approximate surface area is 141 Å². The molecular weight excluding hydrogens is 305 g/mol. The second-order valence-corrected chi connectivity index (χ2v) is 6.99. The lowest BCUT2D eigenvalue weighted by atomic mass is 10.1. The summed E-state index contributed by atoms with van der Waals surface area (Å²) in [6, 6.07) is 6.78. The second kappa shape index (κ2) is 6.04. The van der Waals surface area contributed by atoms with Crippen LogP contribution in [0.15, 0.2) is 36.7 Å². The van der Waals surface area contributed by atoms with Crippen molar-refractivity contribution < 1.29 is 9.18 Å². The van der Waals surface area contributed by atoms with Crippen LogP contribution >= 0.6 is 0 Å². The number of carbonyl (C=O) groups is 1. The Kier molecular flexibility index (Phi) is 3.87. The van der Waals surface area contributed by atoms with Crippen LogP contribution in [0.4, 0.5) is 10.1 Å². The van der Waals surface area contributed by atoms with Gasteiger partial charge in [-0.3, -0.25) is 9.48 Å². The standard InChI is InChI=1S/C19H22FN3O/c1-22-12-13(11-21-22)15-10-16(15)19(24)23(14-6-2-3-7-14)18-9-5-4-8-17(18)20/h4-5,8-9,11-12,14-16H,2-3,6-7,10H2,1H3/t15-,16-/m0/s1. The van der Waals surface area contributed by atoms with Crippen LogP contribution in [0, 0.1) is 11.7 Å². The maximum atomic E-state index is 14.4. The van der Waals surface area contributed by atoms with Crippen LogP contribution in [0.5, 0.6) is 0 Å². The molecule has 2 atom stereocenters. The maximum absolute atomic E-state index is 14.4. The molecule has 24 heavy (non-hydrogen) atoms. The molecule has 2 aliphatic carbocycles. The Hall–Kier alpha value is -2.17. The average Bonchev–Trinajstić information content (AvgIpc) is 2.97. The summed E-state index contributed by atoms with van der Waals surface area (Å²) in [7, 11) is 1.88. The number of hydrogen-bond donors (Lipinski definition) is 0. The first-order valence-corrected chi connectivity index (χ1v) is 8.71. The van der Waals surface area contributed by atoms with Gasteiger partial charge in [-0.25, -0.2) is 4.39 Å². The van der Waals surface area contributed by atoms with E-state index in [-0.39, 0.29) is 29.6 Å². The van der Waals surface area contributed by atoms with Crippen molar-refractivity contribution in [3.63, 3.8) is 0 Å². The summed E-state index contributed by atoms with van der Waals surface area (Å²) in [4.78, 5) is 14.9. The Morgan fingerprint density at radius 1 is 1.29 bits per heavy atom. The molecule has 5 heteroatoms. The number of amides is 1. The van der Waals surface area contributed by atoms with E-state index >= 15 is 0 Å². The van der Waals surface area contributed by atoms with E-state index in [1.54, 1.807) is 27.8 Å². The van der Waals surface area contributed by atoms with E-state index in [9.17, 15) is 9.18 Å². The Balaban J connectivity index is 1.60. The molecule has 0 radical (unpaired) electrons. The van der Waals surface area contributed by atoms with Crippen LogP contribution < -0.4 is 4.90 Å². The third kappa shape index (κ3) is 2.72. The van der Waals surface area contributed by atoms with Gasteiger partial charge in [0.15, 0.2) is 0 Å². The molecule has 4 nitrogen and oxygen atoms in total. The smallest absolute Gasteiger partial charge is 0.231 e. The number of nitrogens with zero attached hydrogens (tertiary/aromatic N) is 3. The molecule has 2 fully saturated rings. The highest BCUT2D eigenvalue weighted by Crippen LogP contribution is 2.49. The molecule has 1 heterocycles. The zero-order chi connectivity index (χ0) is 16.7. The molecule has 0 saturated heterocycles. The van der Waals surface area contributed by atoms with E-state index in [1.807, 2.05) is 19.4 Å². The molecule has 4 rings (SSSR count). The molecular formula is C19H22FN3O. The first kappa shape index (κ1) is 15.4. The molecule has 0 unspecified atom stereocenters. The van der Waals surface area contributed by atoms with Gasteiger partial charge in [0.1, 0.15) is 5.82 Å². The monoisotopic (exact) mass is 327 g/mol. The van der Waals surface area contributed by atoms with E-state index in [1.165, 1.54) is 6.07 Å². The maximum Gasteiger partial charge on any atom is 0.231 e. The van der Waals surface area contributed by atoms with Crippen molar-refractivity contribution in [2.45, 2.75) is 44.1 Å². The average molecular weight is 327 g/mol. The Morgan fingerprint density at radius 2 is 2.04 bits per heavy atom. The van der Waals surface area contributed by atoms with E-state index in [4.69, 9.17) is 0 Å². The molecule has 1 amide bonds. The summed E-state index contributed by atoms with van der Waals surface area (Å²) in [5, 5.41) is 4.20. The summed E-state index contributed by atoms with van der Waals surface area (Å²) < 4.78 is 16.1. The topological polar surface area (TPSA) is 38.1 Å². The van der Waals surface area contributed by atoms with Crippen molar-refractivity contribution in [2.75, 3.05) is 4.90 Å². The zero-order valence-electron chi connectivity index (χ0n) is 13.9. The highest BCUT2D eigenvalue weighted by molar-refractivity contribution is 5.98. The number of anilines is 1. The minimum Gasteiger partial charge on any atom is -0.306 e. The van der Waals surface area contributed by atoms with Gasteiger partial charge < -0.3 is 4.90 Å². The normalized spacial score (nSPS) is 23.4. The van der Waals surface area contributed by atoms with E-state index in [0.717, 1.165) is 37.7 Å². The predicted octanol–water partition coefficient (Wildman–Crippen LogP) is 3.64. The van der Waals surface area contributed by atoms with E-state index in [2.05, 4.69) is 5.10 Å². The summed E-state index contributed by atoms with van der Waals surface area (Å²) in [6.07, 6.45) is 8.79. The third-order valence-electron chi connectivity index (χ3n) is 5.30. The van der Waals surface area contributed by atoms with Gasteiger partial charge in [-0.15, -0.1) is 0 Å². The minimum atomic E-state index is -0.309. The van der Waals surface area contributed by atoms with Crippen LogP contribution in [-0.2, 0) is 11.8 Å². The number of hydrogen-bond acceptors (Lipinski definition) is 2. The van der Waals surface area contributed by atoms with Gasteiger partial charge in [-0.2, -0.15) is 5.10 Å². The molecule has 2 saturated carbocycles. The molecule has 1 aromatic carbocycles. The number of para-hydroxylation sites is 1. The number of halogens is 1. The fourth-order valence-electron chi connectivity index (χ4n) is 3.95. The van der Waals surface area contributed by atoms with Gasteiger partial charge >= 0.3 is 0 Å². The molecule has 1 aromatic heterocycles. The van der Waals surface area contributed by atoms with Gasteiger partial charge in [0, 0.05) is 25.2 Å². The zero-order valence-corrected chi connectivity index (χ0v) is 13.9. The van der Waals surface area contributed by atoms with Crippen molar-refractivity contribution in [1.29, 1.82) is 0 Å². The van der Waals surface area contributed by atoms with Crippen LogP contribution in [0.2, 0.25) is 0 Å². The lowest BCUT2D eigenvalue weighted by Gasteiger charge is -2.29. The van der Waals surface area contributed by atoms with Crippen LogP contribution in [-0.4, -0.2) is 21.7 Å². The highest BCUT2D eigenvalue weighted by atomic mass is 19.1. The van der Waals surface area contributed by atoms with Crippen molar-refractivity contribution in [2.24, 2.45) is 13.0 Å². The first-order valence-electron chi connectivity index (χ1n) is 8.71. The molecule has 0 spiro atoms. The van der Waals surface area contributed by atoms with Gasteiger partial charge in [0.25, 0.3) is 0 Å². The molecule has 2 aromatic rings. The van der Waals surface area contributed by atoms with Crippen LogP contribution in [0.1, 0.15) is 43.6 Å². The Morgan fingerprint density at radius 3 is 2.71 bits per heavy atom. The third-order valence-corrected chi connectivity index (χ3v) is 5.30.